The molecule has 0 aliphatic heterocycles. The summed E-state index contributed by atoms with van der Waals surface area (Å²) in [4.78, 5) is 4.39. The molecule has 1 aromatic heterocycles. The van der Waals surface area contributed by atoms with E-state index in [0.717, 1.165) is 36.8 Å². The summed E-state index contributed by atoms with van der Waals surface area (Å²) in [7, 11) is 0. The molecule has 0 atom stereocenters. The Morgan fingerprint density at radius 2 is 1.94 bits per heavy atom. The summed E-state index contributed by atoms with van der Waals surface area (Å²) >= 11 is 0. The Morgan fingerprint density at radius 1 is 1.28 bits per heavy atom. The van der Waals surface area contributed by atoms with E-state index in [2.05, 4.69) is 33.9 Å². The zero-order valence-corrected chi connectivity index (χ0v) is 11.5. The Balaban J connectivity index is 1.56. The average Bonchev–Trinajstić information content (AvgIpc) is 3.21. The Hall–Kier alpha value is -0.900. The Kier molecular flexibility index (Phi) is 3.37. The first kappa shape index (κ1) is 12.2. The molecule has 4 nitrogen and oxygen atoms in total. The normalized spacial score (nSPS) is 20.0. The maximum absolute atomic E-state index is 4.39. The van der Waals surface area contributed by atoms with E-state index in [1.54, 1.807) is 6.33 Å². The topological polar surface area (TPSA) is 42.7 Å². The molecule has 2 aliphatic rings. The maximum Gasteiger partial charge on any atom is 0.140 e. The van der Waals surface area contributed by atoms with Gasteiger partial charge in [0.1, 0.15) is 12.2 Å². The molecule has 0 aromatic carbocycles. The van der Waals surface area contributed by atoms with E-state index in [1.807, 2.05) is 0 Å². The van der Waals surface area contributed by atoms with Gasteiger partial charge in [0, 0.05) is 12.6 Å². The van der Waals surface area contributed by atoms with Crippen LogP contribution in [0, 0.1) is 17.8 Å². The van der Waals surface area contributed by atoms with Crippen LogP contribution in [0.2, 0.25) is 0 Å². The van der Waals surface area contributed by atoms with Crippen molar-refractivity contribution in [3.63, 3.8) is 0 Å². The van der Waals surface area contributed by atoms with Gasteiger partial charge in [0.05, 0.1) is 6.54 Å². The van der Waals surface area contributed by atoms with Crippen molar-refractivity contribution in [3.8, 4) is 0 Å². The Morgan fingerprint density at radius 3 is 2.50 bits per heavy atom. The molecule has 2 saturated carbocycles. The monoisotopic (exact) mass is 248 g/mol. The molecule has 2 aliphatic carbocycles. The summed E-state index contributed by atoms with van der Waals surface area (Å²) in [5, 5.41) is 8.06. The van der Waals surface area contributed by atoms with Crippen LogP contribution in [-0.4, -0.2) is 20.8 Å². The fourth-order valence-electron chi connectivity index (χ4n) is 2.76. The van der Waals surface area contributed by atoms with Gasteiger partial charge in [-0.1, -0.05) is 13.8 Å². The number of nitrogens with zero attached hydrogens (tertiary/aromatic N) is 3. The van der Waals surface area contributed by atoms with Gasteiger partial charge < -0.3 is 5.32 Å². The molecular formula is C14H24N4. The van der Waals surface area contributed by atoms with Crippen LogP contribution in [0.4, 0.5) is 0 Å². The summed E-state index contributed by atoms with van der Waals surface area (Å²) in [6.45, 7) is 6.28. The van der Waals surface area contributed by atoms with Gasteiger partial charge in [0.25, 0.3) is 0 Å². The van der Waals surface area contributed by atoms with Crippen molar-refractivity contribution < 1.29 is 0 Å². The molecule has 18 heavy (non-hydrogen) atoms. The summed E-state index contributed by atoms with van der Waals surface area (Å²) in [6.07, 6.45) is 7.38. The second kappa shape index (κ2) is 5.00. The van der Waals surface area contributed by atoms with Crippen LogP contribution in [0.1, 0.15) is 45.4 Å². The number of hydrogen-bond acceptors (Lipinski definition) is 3. The van der Waals surface area contributed by atoms with E-state index in [0.29, 0.717) is 5.92 Å². The summed E-state index contributed by atoms with van der Waals surface area (Å²) in [5.74, 6) is 3.60. The lowest BCUT2D eigenvalue weighted by molar-refractivity contribution is 0.394. The lowest BCUT2D eigenvalue weighted by Gasteiger charge is -2.17. The number of hydrogen-bond donors (Lipinski definition) is 1. The van der Waals surface area contributed by atoms with E-state index in [9.17, 15) is 0 Å². The molecule has 0 unspecified atom stereocenters. The van der Waals surface area contributed by atoms with Crippen molar-refractivity contribution >= 4 is 0 Å². The lowest BCUT2D eigenvalue weighted by Crippen LogP contribution is -2.33. The van der Waals surface area contributed by atoms with Gasteiger partial charge in [0.2, 0.25) is 0 Å². The second-order valence-corrected chi connectivity index (χ2v) is 6.33. The van der Waals surface area contributed by atoms with Crippen molar-refractivity contribution in [2.45, 2.75) is 58.7 Å². The predicted molar refractivity (Wildman–Crippen MR) is 70.9 cm³/mol. The largest absolute Gasteiger partial charge is 0.306 e. The molecule has 3 rings (SSSR count). The average molecular weight is 248 g/mol. The second-order valence-electron chi connectivity index (χ2n) is 6.33. The highest BCUT2D eigenvalue weighted by molar-refractivity contribution is 4.97. The van der Waals surface area contributed by atoms with Gasteiger partial charge >= 0.3 is 0 Å². The number of rotatable bonds is 7. The van der Waals surface area contributed by atoms with Crippen molar-refractivity contribution in [1.29, 1.82) is 0 Å². The van der Waals surface area contributed by atoms with E-state index in [-0.39, 0.29) is 0 Å². The Bertz CT molecular complexity index is 378. The van der Waals surface area contributed by atoms with Crippen LogP contribution in [0.15, 0.2) is 6.33 Å². The van der Waals surface area contributed by atoms with Crippen LogP contribution in [-0.2, 0) is 13.1 Å². The van der Waals surface area contributed by atoms with Crippen LogP contribution >= 0.6 is 0 Å². The standard InChI is InChI=1S/C14H24N4/c1-10(2)8-18-13(16-9-17-18)7-15-14(11-3-4-11)12-5-6-12/h9-12,14-15H,3-8H2,1-2H3. The van der Waals surface area contributed by atoms with Gasteiger partial charge in [-0.05, 0) is 43.4 Å². The molecule has 0 bridgehead atoms. The van der Waals surface area contributed by atoms with Crippen LogP contribution in [0.25, 0.3) is 0 Å². The molecule has 100 valence electrons. The first-order valence-electron chi connectivity index (χ1n) is 7.34. The molecule has 2 fully saturated rings. The highest BCUT2D eigenvalue weighted by Crippen LogP contribution is 2.44. The zero-order chi connectivity index (χ0) is 12.5. The minimum Gasteiger partial charge on any atom is -0.306 e. The molecular weight excluding hydrogens is 224 g/mol. The smallest absolute Gasteiger partial charge is 0.140 e. The molecule has 0 radical (unpaired) electrons. The van der Waals surface area contributed by atoms with Crippen LogP contribution in [0.3, 0.4) is 0 Å². The summed E-state index contributed by atoms with van der Waals surface area (Å²) in [6, 6.07) is 0.745. The third kappa shape index (κ3) is 2.91. The fraction of sp³-hybridized carbons (Fsp3) is 0.857. The number of aromatic nitrogens is 3. The lowest BCUT2D eigenvalue weighted by atomic mass is 10.1. The first-order valence-corrected chi connectivity index (χ1v) is 7.34. The van der Waals surface area contributed by atoms with Crippen LogP contribution in [0.5, 0.6) is 0 Å². The maximum atomic E-state index is 4.39. The van der Waals surface area contributed by atoms with Crippen molar-refractivity contribution in [3.05, 3.63) is 12.2 Å². The minimum absolute atomic E-state index is 0.619. The van der Waals surface area contributed by atoms with E-state index < -0.39 is 0 Å². The van der Waals surface area contributed by atoms with Crippen molar-refractivity contribution in [1.82, 2.24) is 20.1 Å². The predicted octanol–water partition coefficient (Wildman–Crippen LogP) is 2.21. The molecule has 0 spiro atoms. The molecule has 4 heteroatoms. The Labute approximate surface area is 109 Å². The van der Waals surface area contributed by atoms with Gasteiger partial charge in [-0.2, -0.15) is 5.10 Å². The van der Waals surface area contributed by atoms with E-state index >= 15 is 0 Å². The number of nitrogens with one attached hydrogen (secondary N) is 1. The van der Waals surface area contributed by atoms with E-state index in [4.69, 9.17) is 0 Å². The van der Waals surface area contributed by atoms with Gasteiger partial charge in [-0.15, -0.1) is 0 Å². The highest BCUT2D eigenvalue weighted by atomic mass is 15.3. The van der Waals surface area contributed by atoms with Crippen molar-refractivity contribution in [2.24, 2.45) is 17.8 Å². The molecule has 0 saturated heterocycles. The fourth-order valence-corrected chi connectivity index (χ4v) is 2.76. The third-order valence-corrected chi connectivity index (χ3v) is 3.99. The van der Waals surface area contributed by atoms with Gasteiger partial charge in [-0.25, -0.2) is 9.67 Å². The minimum atomic E-state index is 0.619. The molecule has 1 heterocycles. The molecule has 1 aromatic rings. The zero-order valence-electron chi connectivity index (χ0n) is 11.5. The molecule has 0 amide bonds. The summed E-state index contributed by atoms with van der Waals surface area (Å²) < 4.78 is 2.05. The SMILES string of the molecule is CC(C)Cn1ncnc1CNC(C1CC1)C1CC1. The molecule has 1 N–H and O–H groups in total. The van der Waals surface area contributed by atoms with Gasteiger partial charge in [-0.3, -0.25) is 0 Å². The highest BCUT2D eigenvalue weighted by Gasteiger charge is 2.41. The van der Waals surface area contributed by atoms with Crippen molar-refractivity contribution in [2.75, 3.05) is 0 Å². The summed E-state index contributed by atoms with van der Waals surface area (Å²) in [5.41, 5.74) is 0. The third-order valence-electron chi connectivity index (χ3n) is 3.99. The first-order chi connectivity index (χ1) is 8.74. The van der Waals surface area contributed by atoms with Crippen LogP contribution < -0.4 is 5.32 Å². The van der Waals surface area contributed by atoms with Gasteiger partial charge in [0.15, 0.2) is 0 Å². The van der Waals surface area contributed by atoms with E-state index in [1.165, 1.54) is 25.7 Å². The quantitative estimate of drug-likeness (QED) is 0.804.